The molecule has 1 saturated heterocycles. The molecular weight excluding hydrogens is 310 g/mol. The highest BCUT2D eigenvalue weighted by molar-refractivity contribution is 6.30. The lowest BCUT2D eigenvalue weighted by molar-refractivity contribution is -0.123. The van der Waals surface area contributed by atoms with Crippen molar-refractivity contribution < 1.29 is 4.79 Å². The number of carbonyl (C=O) groups is 1. The summed E-state index contributed by atoms with van der Waals surface area (Å²) in [5.41, 5.74) is 9.68. The van der Waals surface area contributed by atoms with E-state index in [1.165, 1.54) is 5.56 Å². The van der Waals surface area contributed by atoms with Gasteiger partial charge in [-0.25, -0.2) is 10.9 Å². The maximum Gasteiger partial charge on any atom is 0.238 e. The summed E-state index contributed by atoms with van der Waals surface area (Å²) < 4.78 is 0. The monoisotopic (exact) mass is 329 g/mol. The van der Waals surface area contributed by atoms with E-state index in [2.05, 4.69) is 16.2 Å². The molecule has 1 heterocycles. The van der Waals surface area contributed by atoms with E-state index < -0.39 is 0 Å². The minimum Gasteiger partial charge on any atom is -0.351 e. The SMILES string of the molecule is Cc1ccc(CNC(=O)C2CC(c3ccc(Cl)cc3)NN2)cc1. The van der Waals surface area contributed by atoms with E-state index in [9.17, 15) is 4.79 Å². The second kappa shape index (κ2) is 7.13. The fraction of sp³-hybridized carbons (Fsp3) is 0.278. The van der Waals surface area contributed by atoms with Gasteiger partial charge in [0, 0.05) is 17.6 Å². The molecule has 5 heteroatoms. The third-order valence-corrected chi connectivity index (χ3v) is 4.33. The Morgan fingerprint density at radius 3 is 2.52 bits per heavy atom. The third kappa shape index (κ3) is 4.10. The van der Waals surface area contributed by atoms with Gasteiger partial charge in [-0.3, -0.25) is 4.79 Å². The topological polar surface area (TPSA) is 53.2 Å². The summed E-state index contributed by atoms with van der Waals surface area (Å²) in [6.07, 6.45) is 0.710. The Morgan fingerprint density at radius 1 is 1.13 bits per heavy atom. The molecule has 0 aromatic heterocycles. The first kappa shape index (κ1) is 16.0. The summed E-state index contributed by atoms with van der Waals surface area (Å²) >= 11 is 5.91. The molecule has 1 aliphatic rings. The molecule has 3 rings (SSSR count). The second-order valence-electron chi connectivity index (χ2n) is 5.88. The van der Waals surface area contributed by atoms with Gasteiger partial charge in [-0.15, -0.1) is 0 Å². The number of hydrazine groups is 1. The summed E-state index contributed by atoms with van der Waals surface area (Å²) in [4.78, 5) is 12.3. The van der Waals surface area contributed by atoms with E-state index >= 15 is 0 Å². The van der Waals surface area contributed by atoms with Crippen molar-refractivity contribution in [2.75, 3.05) is 0 Å². The molecule has 3 N–H and O–H groups in total. The zero-order valence-corrected chi connectivity index (χ0v) is 13.7. The van der Waals surface area contributed by atoms with E-state index in [1.54, 1.807) is 0 Å². The van der Waals surface area contributed by atoms with Crippen LogP contribution in [0.3, 0.4) is 0 Å². The number of benzene rings is 2. The highest BCUT2D eigenvalue weighted by Crippen LogP contribution is 2.23. The van der Waals surface area contributed by atoms with Crippen molar-refractivity contribution in [3.8, 4) is 0 Å². The third-order valence-electron chi connectivity index (χ3n) is 4.08. The smallest absolute Gasteiger partial charge is 0.238 e. The normalized spacial score (nSPS) is 20.4. The van der Waals surface area contributed by atoms with E-state index in [1.807, 2.05) is 55.5 Å². The van der Waals surface area contributed by atoms with Crippen LogP contribution in [-0.2, 0) is 11.3 Å². The molecule has 0 bridgehead atoms. The van der Waals surface area contributed by atoms with Crippen LogP contribution in [-0.4, -0.2) is 11.9 Å². The lowest BCUT2D eigenvalue weighted by atomic mass is 10.0. The Kier molecular flexibility index (Phi) is 4.96. The van der Waals surface area contributed by atoms with Crippen LogP contribution >= 0.6 is 11.6 Å². The second-order valence-corrected chi connectivity index (χ2v) is 6.32. The molecule has 2 aromatic rings. The van der Waals surface area contributed by atoms with Crippen LogP contribution in [0.4, 0.5) is 0 Å². The van der Waals surface area contributed by atoms with Crippen molar-refractivity contribution in [3.05, 3.63) is 70.2 Å². The molecule has 2 atom stereocenters. The molecule has 0 spiro atoms. The van der Waals surface area contributed by atoms with E-state index in [-0.39, 0.29) is 18.0 Å². The van der Waals surface area contributed by atoms with Crippen LogP contribution < -0.4 is 16.2 Å². The Bertz CT molecular complexity index is 670. The number of carbonyl (C=O) groups excluding carboxylic acids is 1. The Hall–Kier alpha value is -1.88. The minimum absolute atomic E-state index is 0.00883. The first-order valence-electron chi connectivity index (χ1n) is 7.71. The predicted octanol–water partition coefficient (Wildman–Crippen LogP) is 2.87. The van der Waals surface area contributed by atoms with Gasteiger partial charge in [0.25, 0.3) is 0 Å². The molecule has 1 fully saturated rings. The Morgan fingerprint density at radius 2 is 1.83 bits per heavy atom. The fourth-order valence-electron chi connectivity index (χ4n) is 2.66. The number of rotatable bonds is 4. The van der Waals surface area contributed by atoms with Crippen molar-refractivity contribution in [2.45, 2.75) is 32.0 Å². The van der Waals surface area contributed by atoms with Crippen LogP contribution in [0.1, 0.15) is 29.2 Å². The molecule has 1 aliphatic heterocycles. The average Bonchev–Trinajstić information content (AvgIpc) is 3.05. The highest BCUT2D eigenvalue weighted by atomic mass is 35.5. The Labute approximate surface area is 141 Å². The van der Waals surface area contributed by atoms with E-state index in [4.69, 9.17) is 11.6 Å². The quantitative estimate of drug-likeness (QED) is 0.808. The molecule has 0 aliphatic carbocycles. The molecule has 120 valence electrons. The predicted molar refractivity (Wildman–Crippen MR) is 91.9 cm³/mol. The van der Waals surface area contributed by atoms with Crippen LogP contribution in [0.2, 0.25) is 5.02 Å². The van der Waals surface area contributed by atoms with Gasteiger partial charge in [0.2, 0.25) is 5.91 Å². The van der Waals surface area contributed by atoms with Gasteiger partial charge in [0.1, 0.15) is 6.04 Å². The number of amides is 1. The maximum atomic E-state index is 12.3. The van der Waals surface area contributed by atoms with Crippen molar-refractivity contribution in [3.63, 3.8) is 0 Å². The van der Waals surface area contributed by atoms with Gasteiger partial charge in [0.05, 0.1) is 0 Å². The summed E-state index contributed by atoms with van der Waals surface area (Å²) in [7, 11) is 0. The summed E-state index contributed by atoms with van der Waals surface area (Å²) in [6, 6.07) is 15.7. The zero-order valence-electron chi connectivity index (χ0n) is 13.0. The van der Waals surface area contributed by atoms with Gasteiger partial charge in [-0.05, 0) is 36.6 Å². The van der Waals surface area contributed by atoms with E-state index in [0.717, 1.165) is 11.1 Å². The first-order valence-corrected chi connectivity index (χ1v) is 8.09. The number of aryl methyl sites for hydroxylation is 1. The van der Waals surface area contributed by atoms with Crippen LogP contribution in [0.15, 0.2) is 48.5 Å². The molecule has 0 saturated carbocycles. The standard InChI is InChI=1S/C18H20ClN3O/c1-12-2-4-13(5-3-12)11-20-18(23)17-10-16(21-22-17)14-6-8-15(19)9-7-14/h2-9,16-17,21-22H,10-11H2,1H3,(H,20,23). The molecule has 1 amide bonds. The largest absolute Gasteiger partial charge is 0.351 e. The van der Waals surface area contributed by atoms with Crippen molar-refractivity contribution in [1.29, 1.82) is 0 Å². The van der Waals surface area contributed by atoms with E-state index in [0.29, 0.717) is 18.0 Å². The lowest BCUT2D eigenvalue weighted by Gasteiger charge is -2.11. The fourth-order valence-corrected chi connectivity index (χ4v) is 2.79. The van der Waals surface area contributed by atoms with Gasteiger partial charge < -0.3 is 5.32 Å². The van der Waals surface area contributed by atoms with Crippen LogP contribution in [0, 0.1) is 6.92 Å². The number of hydrogen-bond donors (Lipinski definition) is 3. The lowest BCUT2D eigenvalue weighted by Crippen LogP contribution is -2.42. The van der Waals surface area contributed by atoms with Crippen molar-refractivity contribution >= 4 is 17.5 Å². The van der Waals surface area contributed by atoms with Crippen LogP contribution in [0.5, 0.6) is 0 Å². The highest BCUT2D eigenvalue weighted by Gasteiger charge is 2.29. The molecule has 0 radical (unpaired) electrons. The average molecular weight is 330 g/mol. The summed E-state index contributed by atoms with van der Waals surface area (Å²) in [6.45, 7) is 2.59. The van der Waals surface area contributed by atoms with Gasteiger partial charge in [0.15, 0.2) is 0 Å². The molecule has 2 aromatic carbocycles. The van der Waals surface area contributed by atoms with Crippen molar-refractivity contribution in [1.82, 2.24) is 16.2 Å². The summed E-state index contributed by atoms with van der Waals surface area (Å²) in [5.74, 6) is 0.00883. The van der Waals surface area contributed by atoms with Gasteiger partial charge in [-0.1, -0.05) is 53.6 Å². The molecule has 2 unspecified atom stereocenters. The minimum atomic E-state index is -0.235. The zero-order chi connectivity index (χ0) is 16.2. The van der Waals surface area contributed by atoms with Gasteiger partial charge >= 0.3 is 0 Å². The number of nitrogens with one attached hydrogen (secondary N) is 3. The molecular formula is C18H20ClN3O. The number of hydrogen-bond acceptors (Lipinski definition) is 3. The van der Waals surface area contributed by atoms with Gasteiger partial charge in [-0.2, -0.15) is 0 Å². The first-order chi connectivity index (χ1) is 11.1. The number of halogens is 1. The Balaban J connectivity index is 1.53. The summed E-state index contributed by atoms with van der Waals surface area (Å²) in [5, 5.41) is 3.69. The molecule has 23 heavy (non-hydrogen) atoms. The van der Waals surface area contributed by atoms with Crippen molar-refractivity contribution in [2.24, 2.45) is 0 Å². The molecule has 4 nitrogen and oxygen atoms in total. The van der Waals surface area contributed by atoms with Crippen LogP contribution in [0.25, 0.3) is 0 Å². The maximum absolute atomic E-state index is 12.3.